The predicted molar refractivity (Wildman–Crippen MR) is 74.4 cm³/mol. The molecule has 7 heteroatoms. The smallest absolute Gasteiger partial charge is 0.408 e. The number of halogens is 2. The third kappa shape index (κ3) is 5.40. The van der Waals surface area contributed by atoms with Crippen molar-refractivity contribution in [2.24, 2.45) is 0 Å². The third-order valence-corrected chi connectivity index (χ3v) is 2.22. The number of carboxylic acids is 1. The van der Waals surface area contributed by atoms with Gasteiger partial charge in [0.25, 0.3) is 0 Å². The largest absolute Gasteiger partial charge is 0.478 e. The van der Waals surface area contributed by atoms with Gasteiger partial charge in [0.05, 0.1) is 17.7 Å². The summed E-state index contributed by atoms with van der Waals surface area (Å²) < 4.78 is 32.1. The monoisotopic (exact) mass is 311 g/mol. The Morgan fingerprint density at radius 2 is 1.82 bits per heavy atom. The highest BCUT2D eigenvalue weighted by atomic mass is 19.1. The second kappa shape index (κ2) is 6.89. The maximum Gasteiger partial charge on any atom is 0.408 e. The van der Waals surface area contributed by atoms with E-state index >= 15 is 0 Å². The van der Waals surface area contributed by atoms with E-state index in [1.807, 2.05) is 0 Å². The summed E-state index contributed by atoms with van der Waals surface area (Å²) in [6.07, 6.45) is -0.705. The number of carboxylic acid groups (broad SMARTS) is 1. The molecule has 0 saturated heterocycles. The first kappa shape index (κ1) is 17.4. The van der Waals surface area contributed by atoms with Crippen molar-refractivity contribution in [1.29, 1.82) is 0 Å². The molecular formula is C15H15F2NO4. The molecule has 118 valence electrons. The lowest BCUT2D eigenvalue weighted by atomic mass is 10.1. The fraction of sp³-hybridized carbons (Fsp3) is 0.333. The van der Waals surface area contributed by atoms with Crippen molar-refractivity contribution in [2.75, 3.05) is 6.54 Å². The SMILES string of the molecule is CC(C)(C)OC(=O)NCC#Cc1c(F)cc(C(=O)O)cc1F. The highest BCUT2D eigenvalue weighted by molar-refractivity contribution is 5.87. The summed E-state index contributed by atoms with van der Waals surface area (Å²) in [6.45, 7) is 4.89. The first-order chi connectivity index (χ1) is 10.1. The van der Waals surface area contributed by atoms with E-state index in [1.54, 1.807) is 20.8 Å². The fourth-order valence-corrected chi connectivity index (χ4v) is 1.38. The van der Waals surface area contributed by atoms with Crippen LogP contribution in [0.4, 0.5) is 13.6 Å². The zero-order valence-corrected chi connectivity index (χ0v) is 12.3. The normalized spacial score (nSPS) is 10.4. The number of benzene rings is 1. The lowest BCUT2D eigenvalue weighted by Crippen LogP contribution is -2.32. The minimum Gasteiger partial charge on any atom is -0.478 e. The fourth-order valence-electron chi connectivity index (χ4n) is 1.38. The average molecular weight is 311 g/mol. The molecule has 0 bridgehead atoms. The molecule has 0 aliphatic rings. The average Bonchev–Trinajstić information content (AvgIpc) is 2.34. The van der Waals surface area contributed by atoms with Crippen molar-refractivity contribution in [1.82, 2.24) is 5.32 Å². The summed E-state index contributed by atoms with van der Waals surface area (Å²) in [5, 5.41) is 11.0. The number of rotatable bonds is 2. The van der Waals surface area contributed by atoms with Crippen LogP contribution in [0.5, 0.6) is 0 Å². The molecule has 0 fully saturated rings. The summed E-state index contributed by atoms with van der Waals surface area (Å²) >= 11 is 0. The van der Waals surface area contributed by atoms with Crippen LogP contribution in [0.15, 0.2) is 12.1 Å². The van der Waals surface area contributed by atoms with Crippen LogP contribution in [-0.2, 0) is 4.74 Å². The Balaban J connectivity index is 2.73. The Labute approximate surface area is 126 Å². The van der Waals surface area contributed by atoms with Gasteiger partial charge in [-0.15, -0.1) is 0 Å². The van der Waals surface area contributed by atoms with Crippen molar-refractivity contribution in [3.63, 3.8) is 0 Å². The van der Waals surface area contributed by atoms with Gasteiger partial charge in [-0.05, 0) is 32.9 Å². The molecule has 0 radical (unpaired) electrons. The Morgan fingerprint density at radius 3 is 2.27 bits per heavy atom. The van der Waals surface area contributed by atoms with E-state index in [4.69, 9.17) is 9.84 Å². The van der Waals surface area contributed by atoms with Gasteiger partial charge in [-0.2, -0.15) is 0 Å². The van der Waals surface area contributed by atoms with Gasteiger partial charge >= 0.3 is 12.1 Å². The van der Waals surface area contributed by atoms with Crippen LogP contribution in [0.3, 0.4) is 0 Å². The highest BCUT2D eigenvalue weighted by Crippen LogP contribution is 2.14. The van der Waals surface area contributed by atoms with Crippen LogP contribution in [0, 0.1) is 23.5 Å². The quantitative estimate of drug-likeness (QED) is 0.823. The number of amides is 1. The lowest BCUT2D eigenvalue weighted by molar-refractivity contribution is 0.0534. The molecule has 0 aliphatic carbocycles. The number of ether oxygens (including phenoxy) is 1. The van der Waals surface area contributed by atoms with Gasteiger partial charge in [-0.1, -0.05) is 11.8 Å². The molecule has 1 aromatic rings. The number of nitrogens with one attached hydrogen (secondary N) is 1. The molecule has 0 aromatic heterocycles. The zero-order valence-electron chi connectivity index (χ0n) is 12.3. The van der Waals surface area contributed by atoms with E-state index in [2.05, 4.69) is 17.2 Å². The molecule has 0 saturated carbocycles. The Bertz CT molecular complexity index is 631. The van der Waals surface area contributed by atoms with Gasteiger partial charge in [0.2, 0.25) is 0 Å². The van der Waals surface area contributed by atoms with Crippen molar-refractivity contribution in [2.45, 2.75) is 26.4 Å². The van der Waals surface area contributed by atoms with Crippen LogP contribution in [0.25, 0.3) is 0 Å². The molecule has 22 heavy (non-hydrogen) atoms. The Kier molecular flexibility index (Phi) is 5.46. The summed E-state index contributed by atoms with van der Waals surface area (Å²) in [7, 11) is 0. The van der Waals surface area contributed by atoms with Crippen LogP contribution in [-0.4, -0.2) is 29.3 Å². The molecule has 0 heterocycles. The summed E-state index contributed by atoms with van der Waals surface area (Å²) in [6, 6.07) is 1.35. The molecule has 0 spiro atoms. The van der Waals surface area contributed by atoms with Gasteiger partial charge in [0.15, 0.2) is 0 Å². The maximum atomic E-state index is 13.6. The van der Waals surface area contributed by atoms with Gasteiger partial charge in [-0.3, -0.25) is 0 Å². The van der Waals surface area contributed by atoms with Crippen LogP contribution >= 0.6 is 0 Å². The molecule has 1 aromatic carbocycles. The third-order valence-electron chi connectivity index (χ3n) is 2.22. The van der Waals surface area contributed by atoms with E-state index in [0.717, 1.165) is 0 Å². The zero-order chi connectivity index (χ0) is 16.9. The second-order valence-corrected chi connectivity index (χ2v) is 5.28. The number of hydrogen-bond acceptors (Lipinski definition) is 3. The number of alkyl carbamates (subject to hydrolysis) is 1. The van der Waals surface area contributed by atoms with Crippen LogP contribution < -0.4 is 5.32 Å². The number of carbonyl (C=O) groups is 2. The van der Waals surface area contributed by atoms with Gasteiger partial charge < -0.3 is 15.2 Å². The topological polar surface area (TPSA) is 75.6 Å². The summed E-state index contributed by atoms with van der Waals surface area (Å²) in [5.41, 5.74) is -1.73. The molecular weight excluding hydrogens is 296 g/mol. The van der Waals surface area contributed by atoms with E-state index in [1.165, 1.54) is 0 Å². The minimum atomic E-state index is -1.44. The number of aromatic carboxylic acids is 1. The first-order valence-electron chi connectivity index (χ1n) is 6.28. The molecule has 0 atom stereocenters. The molecule has 2 N–H and O–H groups in total. The maximum absolute atomic E-state index is 13.6. The molecule has 1 amide bonds. The Morgan fingerprint density at radius 1 is 1.27 bits per heavy atom. The van der Waals surface area contributed by atoms with E-state index in [0.29, 0.717) is 12.1 Å². The van der Waals surface area contributed by atoms with E-state index in [9.17, 15) is 18.4 Å². The highest BCUT2D eigenvalue weighted by Gasteiger charge is 2.15. The van der Waals surface area contributed by atoms with Crippen molar-refractivity contribution in [3.05, 3.63) is 34.9 Å². The van der Waals surface area contributed by atoms with Gasteiger partial charge in [-0.25, -0.2) is 18.4 Å². The van der Waals surface area contributed by atoms with Crippen molar-refractivity contribution >= 4 is 12.1 Å². The van der Waals surface area contributed by atoms with Gasteiger partial charge in [0, 0.05) is 0 Å². The second-order valence-electron chi connectivity index (χ2n) is 5.28. The number of carbonyl (C=O) groups excluding carboxylic acids is 1. The minimum absolute atomic E-state index is 0.172. The van der Waals surface area contributed by atoms with Crippen molar-refractivity contribution in [3.8, 4) is 11.8 Å². The molecule has 1 rings (SSSR count). The summed E-state index contributed by atoms with van der Waals surface area (Å²) in [4.78, 5) is 21.9. The standard InChI is InChI=1S/C15H15F2NO4/c1-15(2,3)22-14(21)18-6-4-5-10-11(16)7-9(13(19)20)8-12(10)17/h7-8H,6H2,1-3H3,(H,18,21)(H,19,20). The van der Waals surface area contributed by atoms with Crippen LogP contribution in [0.1, 0.15) is 36.7 Å². The predicted octanol–water partition coefficient (Wildman–Crippen LogP) is 2.54. The molecule has 5 nitrogen and oxygen atoms in total. The molecule has 0 unspecified atom stereocenters. The van der Waals surface area contributed by atoms with Crippen molar-refractivity contribution < 1.29 is 28.2 Å². The number of hydrogen-bond donors (Lipinski definition) is 2. The first-order valence-corrected chi connectivity index (χ1v) is 6.28. The molecule has 0 aliphatic heterocycles. The van der Waals surface area contributed by atoms with E-state index in [-0.39, 0.29) is 6.54 Å². The van der Waals surface area contributed by atoms with Gasteiger partial charge in [0.1, 0.15) is 17.2 Å². The lowest BCUT2D eigenvalue weighted by Gasteiger charge is -2.19. The Hall–Kier alpha value is -2.62. The van der Waals surface area contributed by atoms with Crippen LogP contribution in [0.2, 0.25) is 0 Å². The summed E-state index contributed by atoms with van der Waals surface area (Å²) in [5.74, 6) is 0.958. The van der Waals surface area contributed by atoms with E-state index < -0.39 is 40.4 Å².